The van der Waals surface area contributed by atoms with Crippen LogP contribution in [-0.2, 0) is 0 Å². The predicted octanol–water partition coefficient (Wildman–Crippen LogP) is 5.66. The molecule has 2 atom stereocenters. The normalized spacial score (nSPS) is 14.0. The molecule has 0 fully saturated rings. The summed E-state index contributed by atoms with van der Waals surface area (Å²) in [6.07, 6.45) is 4.95. The molecule has 0 amide bonds. The third kappa shape index (κ3) is 6.61. The Balaban J connectivity index is 2.39. The van der Waals surface area contributed by atoms with Gasteiger partial charge in [0.1, 0.15) is 0 Å². The van der Waals surface area contributed by atoms with Crippen LogP contribution in [0.2, 0.25) is 0 Å². The molecule has 2 aromatic carbocycles. The molecule has 0 aliphatic heterocycles. The second kappa shape index (κ2) is 12.7. The fourth-order valence-electron chi connectivity index (χ4n) is 3.34. The number of hydrogen-bond donors (Lipinski definition) is 0. The van der Waals surface area contributed by atoms with Gasteiger partial charge in [0.15, 0.2) is 0 Å². The molecule has 0 radical (unpaired) electrons. The quantitative estimate of drug-likeness (QED) is 0.413. The highest BCUT2D eigenvalue weighted by Crippen LogP contribution is 2.56. The first kappa shape index (κ1) is 23.5. The zero-order valence-corrected chi connectivity index (χ0v) is 20.0. The van der Waals surface area contributed by atoms with E-state index in [9.17, 15) is 0 Å². The first-order chi connectivity index (χ1) is 13.6. The van der Waals surface area contributed by atoms with Gasteiger partial charge in [-0.25, -0.2) is 4.44 Å². The van der Waals surface area contributed by atoms with Gasteiger partial charge in [-0.05, 0) is 34.0 Å². The molecule has 0 N–H and O–H groups in total. The molecule has 0 heterocycles. The second-order valence-electron chi connectivity index (χ2n) is 7.21. The van der Waals surface area contributed by atoms with Crippen molar-refractivity contribution in [1.29, 1.82) is 0 Å². The minimum absolute atomic E-state index is 0.546. The summed E-state index contributed by atoms with van der Waals surface area (Å²) >= 11 is 0. The molecule has 0 bridgehead atoms. The number of rotatable bonds is 12. The van der Waals surface area contributed by atoms with Crippen LogP contribution in [-0.4, -0.2) is 48.0 Å². The Labute approximate surface area is 175 Å². The minimum Gasteiger partial charge on any atom is -0.269 e. The van der Waals surface area contributed by atoms with E-state index in [0.717, 1.165) is 13.1 Å². The van der Waals surface area contributed by atoms with Gasteiger partial charge in [0.25, 0.3) is 0 Å². The van der Waals surface area contributed by atoms with Crippen molar-refractivity contribution in [3.63, 3.8) is 0 Å². The Kier molecular flexibility index (Phi) is 10.6. The van der Waals surface area contributed by atoms with E-state index in [4.69, 9.17) is 0 Å². The van der Waals surface area contributed by atoms with E-state index >= 15 is 0 Å². The minimum atomic E-state index is -0.546. The molecule has 0 aromatic heterocycles. The van der Waals surface area contributed by atoms with E-state index in [0.29, 0.717) is 0 Å². The summed E-state index contributed by atoms with van der Waals surface area (Å²) in [7, 11) is 5.84. The van der Waals surface area contributed by atoms with Crippen molar-refractivity contribution in [3.05, 3.63) is 60.7 Å². The van der Waals surface area contributed by atoms with Crippen molar-refractivity contribution >= 4 is 27.1 Å². The molecule has 0 aliphatic carbocycles. The number of nitrogens with zero attached hydrogens (tertiary/aromatic N) is 3. The van der Waals surface area contributed by atoms with Gasteiger partial charge in [-0.2, -0.15) is 0 Å². The topological polar surface area (TPSA) is 9.72 Å². The van der Waals surface area contributed by atoms with Gasteiger partial charge in [-0.15, -0.1) is 0 Å². The highest BCUT2D eigenvalue weighted by molar-refractivity contribution is 7.75. The molecule has 2 unspecified atom stereocenters. The van der Waals surface area contributed by atoms with Crippen LogP contribution in [0.15, 0.2) is 60.7 Å². The van der Waals surface area contributed by atoms with Crippen LogP contribution in [0.5, 0.6) is 0 Å². The maximum Gasteiger partial charge on any atom is 0.0769 e. The summed E-state index contributed by atoms with van der Waals surface area (Å²) in [5, 5.41) is 2.87. The zero-order chi connectivity index (χ0) is 20.4. The molecular formula is C23H37N3P2. The van der Waals surface area contributed by atoms with E-state index in [1.807, 2.05) is 0 Å². The molecule has 0 spiro atoms. The third-order valence-electron chi connectivity index (χ3n) is 4.84. The summed E-state index contributed by atoms with van der Waals surface area (Å²) in [6.45, 7) is 6.82. The molecule has 2 rings (SSSR count). The van der Waals surface area contributed by atoms with Crippen LogP contribution < -0.4 is 10.6 Å². The van der Waals surface area contributed by atoms with Crippen LogP contribution in [0.25, 0.3) is 0 Å². The first-order valence-electron chi connectivity index (χ1n) is 10.5. The van der Waals surface area contributed by atoms with Gasteiger partial charge in [-0.3, -0.25) is 9.34 Å². The SMILES string of the molecule is CCCCN(C)P(c1ccccc1)N(C)P(c1ccccc1)N(C)CCCC. The van der Waals surface area contributed by atoms with Crippen molar-refractivity contribution < 1.29 is 0 Å². The maximum absolute atomic E-state index is 2.67. The fourth-order valence-corrected chi connectivity index (χ4v) is 9.30. The molecule has 0 aliphatic rings. The largest absolute Gasteiger partial charge is 0.269 e. The van der Waals surface area contributed by atoms with Gasteiger partial charge in [0.2, 0.25) is 0 Å². The van der Waals surface area contributed by atoms with Crippen LogP contribution in [0.1, 0.15) is 39.5 Å². The second-order valence-corrected chi connectivity index (χ2v) is 12.3. The monoisotopic (exact) mass is 417 g/mol. The Morgan fingerprint density at radius 3 is 1.29 bits per heavy atom. The Morgan fingerprint density at radius 1 is 0.607 bits per heavy atom. The smallest absolute Gasteiger partial charge is 0.0769 e. The summed E-state index contributed by atoms with van der Waals surface area (Å²) < 4.78 is 7.83. The van der Waals surface area contributed by atoms with Crippen molar-refractivity contribution in [2.75, 3.05) is 34.2 Å². The highest BCUT2D eigenvalue weighted by Gasteiger charge is 2.31. The van der Waals surface area contributed by atoms with Crippen LogP contribution in [0.4, 0.5) is 0 Å². The zero-order valence-electron chi connectivity index (χ0n) is 18.3. The third-order valence-corrected chi connectivity index (χ3v) is 10.2. The molecule has 0 saturated heterocycles. The Morgan fingerprint density at radius 2 is 0.964 bits per heavy atom. The van der Waals surface area contributed by atoms with Crippen molar-refractivity contribution in [2.24, 2.45) is 0 Å². The molecule has 154 valence electrons. The molecule has 3 nitrogen and oxygen atoms in total. The van der Waals surface area contributed by atoms with Crippen LogP contribution >= 0.6 is 16.4 Å². The lowest BCUT2D eigenvalue weighted by atomic mass is 10.3. The van der Waals surface area contributed by atoms with Crippen molar-refractivity contribution in [3.8, 4) is 0 Å². The van der Waals surface area contributed by atoms with Crippen molar-refractivity contribution in [2.45, 2.75) is 39.5 Å². The van der Waals surface area contributed by atoms with Gasteiger partial charge in [0.05, 0.1) is 16.4 Å². The van der Waals surface area contributed by atoms with Gasteiger partial charge >= 0.3 is 0 Å². The lowest BCUT2D eigenvalue weighted by molar-refractivity contribution is 0.488. The van der Waals surface area contributed by atoms with E-state index in [-0.39, 0.29) is 0 Å². The van der Waals surface area contributed by atoms with Crippen LogP contribution in [0, 0.1) is 0 Å². The van der Waals surface area contributed by atoms with Crippen molar-refractivity contribution in [1.82, 2.24) is 13.8 Å². The first-order valence-corrected chi connectivity index (χ1v) is 13.0. The highest BCUT2D eigenvalue weighted by atomic mass is 31.2. The van der Waals surface area contributed by atoms with E-state index in [1.165, 1.54) is 36.3 Å². The van der Waals surface area contributed by atoms with E-state index in [1.54, 1.807) is 0 Å². The maximum atomic E-state index is 2.67. The average Bonchev–Trinajstić information content (AvgIpc) is 2.72. The molecule has 2 aromatic rings. The van der Waals surface area contributed by atoms with E-state index in [2.05, 4.69) is 109 Å². The Bertz CT molecular complexity index is 596. The molecule has 28 heavy (non-hydrogen) atoms. The predicted molar refractivity (Wildman–Crippen MR) is 129 cm³/mol. The number of benzene rings is 2. The molecular weight excluding hydrogens is 380 g/mol. The number of hydrogen-bond acceptors (Lipinski definition) is 3. The average molecular weight is 418 g/mol. The molecule has 5 heteroatoms. The summed E-state index contributed by atoms with van der Waals surface area (Å²) in [4.78, 5) is 0. The summed E-state index contributed by atoms with van der Waals surface area (Å²) in [5.74, 6) is 0. The lowest BCUT2D eigenvalue weighted by Crippen LogP contribution is -2.34. The summed E-state index contributed by atoms with van der Waals surface area (Å²) in [5.41, 5.74) is 0. The van der Waals surface area contributed by atoms with Gasteiger partial charge in [0, 0.05) is 23.7 Å². The lowest BCUT2D eigenvalue weighted by Gasteiger charge is -2.43. The van der Waals surface area contributed by atoms with Gasteiger partial charge in [-0.1, -0.05) is 87.4 Å². The van der Waals surface area contributed by atoms with Gasteiger partial charge < -0.3 is 0 Å². The Hall–Kier alpha value is -0.820. The number of unbranched alkanes of at least 4 members (excludes halogenated alkanes) is 2. The van der Waals surface area contributed by atoms with E-state index < -0.39 is 16.4 Å². The van der Waals surface area contributed by atoms with Crippen LogP contribution in [0.3, 0.4) is 0 Å². The standard InChI is InChI=1S/C23H37N3P2/c1-6-8-20-24(3)27(22-16-12-10-13-17-22)26(5)28(25(4)21-9-7-2)23-18-14-11-15-19-23/h10-19H,6-9,20-21H2,1-5H3. The summed E-state index contributed by atoms with van der Waals surface area (Å²) in [6, 6.07) is 22.2. The fraction of sp³-hybridized carbons (Fsp3) is 0.478. The molecule has 0 saturated carbocycles.